The minimum atomic E-state index is -0.263. The number of benzene rings is 7. The Morgan fingerprint density at radius 1 is 0.534 bits per heavy atom. The summed E-state index contributed by atoms with van der Waals surface area (Å²) in [6.45, 7) is 33.7. The molecule has 0 radical (unpaired) electrons. The lowest BCUT2D eigenvalue weighted by Crippen LogP contribution is -2.65. The molecule has 7 aromatic carbocycles. The van der Waals surface area contributed by atoms with Gasteiger partial charge in [-0.05, 0) is 157 Å². The minimum absolute atomic E-state index is 0.0245. The van der Waals surface area contributed by atoms with Crippen LogP contribution in [0.15, 0.2) is 127 Å². The van der Waals surface area contributed by atoms with Crippen LogP contribution in [-0.4, -0.2) is 12.9 Å². The van der Waals surface area contributed by atoms with Gasteiger partial charge in [0.15, 0.2) is 0 Å². The summed E-state index contributed by atoms with van der Waals surface area (Å²) in [7, 11) is 0. The van der Waals surface area contributed by atoms with Gasteiger partial charge in [-0.15, -0.1) is 11.3 Å². The molecule has 5 heteroatoms. The van der Waals surface area contributed by atoms with Crippen LogP contribution < -0.4 is 19.9 Å². The van der Waals surface area contributed by atoms with E-state index in [1.807, 2.05) is 11.3 Å². The van der Waals surface area contributed by atoms with E-state index >= 15 is 0 Å². The van der Waals surface area contributed by atoms with Crippen LogP contribution in [0.2, 0.25) is 0 Å². The molecule has 0 bridgehead atoms. The number of rotatable bonds is 3. The van der Waals surface area contributed by atoms with Crippen molar-refractivity contribution >= 4 is 66.6 Å². The monoisotopic (exact) mass is 977 g/mol. The molecule has 13 rings (SSSR count). The predicted octanol–water partition coefficient (Wildman–Crippen LogP) is 18.2. The van der Waals surface area contributed by atoms with Gasteiger partial charge >= 0.3 is 6.85 Å². The first kappa shape index (κ1) is 47.0. The second kappa shape index (κ2) is 15.4. The fourth-order valence-electron chi connectivity index (χ4n) is 14.0. The van der Waals surface area contributed by atoms with E-state index in [0.717, 1.165) is 25.0 Å². The lowest BCUT2D eigenvalue weighted by molar-refractivity contribution is 0.278. The van der Waals surface area contributed by atoms with Gasteiger partial charge in [0.2, 0.25) is 0 Å². The SMILES string of the molecule is CC(C)(C)c1ccc(N2c3cc4c(sc5ccccc54)c4c3B(C3Oc5cc6c(cc5C32)C(C)(C)CCC6(C)C)N(c2ccc3c(c2)C(C)(C)CCC3(C)C)c2cc(C(C)(C)C)ccc2-4)c(-c2ccccc2)c1. The van der Waals surface area contributed by atoms with Crippen molar-refractivity contribution in [3.05, 3.63) is 166 Å². The van der Waals surface area contributed by atoms with Crippen molar-refractivity contribution in [2.45, 2.75) is 167 Å². The summed E-state index contributed by atoms with van der Waals surface area (Å²) in [5.74, 6) is 1.04. The van der Waals surface area contributed by atoms with Crippen molar-refractivity contribution in [2.24, 2.45) is 0 Å². The van der Waals surface area contributed by atoms with Crippen LogP contribution in [0.4, 0.5) is 22.7 Å². The van der Waals surface area contributed by atoms with Gasteiger partial charge in [0, 0.05) is 65.2 Å². The van der Waals surface area contributed by atoms with Gasteiger partial charge in [-0.25, -0.2) is 0 Å². The Hall–Kier alpha value is -5.78. The summed E-state index contributed by atoms with van der Waals surface area (Å²) in [5.41, 5.74) is 21.5. The molecular weight excluding hydrogens is 904 g/mol. The zero-order chi connectivity index (χ0) is 51.1. The molecule has 0 saturated heterocycles. The molecule has 4 heterocycles. The number of nitrogens with zero attached hydrogens (tertiary/aromatic N) is 2. The third-order valence-electron chi connectivity index (χ3n) is 18.7. The average molecular weight is 977 g/mol. The summed E-state index contributed by atoms with van der Waals surface area (Å²) >= 11 is 1.96. The molecular formula is C68H73BN2OS. The van der Waals surface area contributed by atoms with Crippen LogP contribution in [0.5, 0.6) is 5.75 Å². The van der Waals surface area contributed by atoms with Gasteiger partial charge in [-0.3, -0.25) is 0 Å². The minimum Gasteiger partial charge on any atom is -0.493 e. The highest BCUT2D eigenvalue weighted by molar-refractivity contribution is 7.26. The number of ether oxygens (including phenoxy) is 1. The Morgan fingerprint density at radius 3 is 1.82 bits per heavy atom. The van der Waals surface area contributed by atoms with E-state index in [1.165, 1.54) is 116 Å². The molecule has 3 aliphatic heterocycles. The van der Waals surface area contributed by atoms with Gasteiger partial charge in [0.05, 0.1) is 6.04 Å². The lowest BCUT2D eigenvalue weighted by Gasteiger charge is -2.50. The van der Waals surface area contributed by atoms with Gasteiger partial charge < -0.3 is 14.4 Å². The quantitative estimate of drug-likeness (QED) is 0.164. The molecule has 8 aromatic rings. The molecule has 2 aliphatic carbocycles. The molecule has 370 valence electrons. The Kier molecular flexibility index (Phi) is 9.91. The first-order valence-corrected chi connectivity index (χ1v) is 28.2. The van der Waals surface area contributed by atoms with E-state index < -0.39 is 0 Å². The maximum atomic E-state index is 8.01. The Bertz CT molecular complexity index is 3620. The number of hydrogen-bond acceptors (Lipinski definition) is 4. The van der Waals surface area contributed by atoms with Crippen molar-refractivity contribution in [2.75, 3.05) is 9.71 Å². The summed E-state index contributed by atoms with van der Waals surface area (Å²) in [6, 6.07) is 50.1. The molecule has 0 saturated carbocycles. The van der Waals surface area contributed by atoms with Crippen LogP contribution in [0.3, 0.4) is 0 Å². The predicted molar refractivity (Wildman–Crippen MR) is 314 cm³/mol. The van der Waals surface area contributed by atoms with Crippen LogP contribution in [-0.2, 0) is 32.5 Å². The van der Waals surface area contributed by atoms with Gasteiger partial charge in [0.1, 0.15) is 11.8 Å². The van der Waals surface area contributed by atoms with Crippen LogP contribution >= 0.6 is 11.3 Å². The summed E-state index contributed by atoms with van der Waals surface area (Å²) < 4.78 is 10.7. The molecule has 0 amide bonds. The fraction of sp³-hybridized carbons (Fsp3) is 0.382. The van der Waals surface area contributed by atoms with Gasteiger partial charge in [0.25, 0.3) is 0 Å². The number of hydrogen-bond donors (Lipinski definition) is 0. The zero-order valence-electron chi connectivity index (χ0n) is 45.9. The maximum absolute atomic E-state index is 8.01. The maximum Gasteiger partial charge on any atom is 0.344 e. The molecule has 5 aliphatic rings. The zero-order valence-corrected chi connectivity index (χ0v) is 46.7. The molecule has 0 fully saturated rings. The highest BCUT2D eigenvalue weighted by Gasteiger charge is 2.58. The number of thiophene rings is 1. The highest BCUT2D eigenvalue weighted by Crippen LogP contribution is 2.60. The van der Waals surface area contributed by atoms with Crippen molar-refractivity contribution in [1.29, 1.82) is 0 Å². The van der Waals surface area contributed by atoms with Crippen molar-refractivity contribution in [1.82, 2.24) is 0 Å². The largest absolute Gasteiger partial charge is 0.493 e. The van der Waals surface area contributed by atoms with E-state index in [9.17, 15) is 0 Å². The van der Waals surface area contributed by atoms with Crippen molar-refractivity contribution < 1.29 is 4.74 Å². The Morgan fingerprint density at radius 2 is 1.14 bits per heavy atom. The van der Waals surface area contributed by atoms with Crippen LogP contribution in [0.1, 0.15) is 168 Å². The average Bonchev–Trinajstić information content (AvgIpc) is 3.92. The standard InChI is InChI=1S/C68H73BN2OS/c1-63(2,3)41-25-29-53(46(34-41)40-20-16-15-17-21-40)70-55-38-47-44-22-18-19-23-57(44)73-61(47)58-45-27-24-42(64(4,5)6)35-54(45)71(43-26-28-49-50(36-43)66(9,10)31-30-65(49,7)8)69(59(55)58)62-60(70)48-37-51-52(39-56(48)72-62)68(13,14)33-32-67(51,11)12/h15-29,34-39,60,62H,30-33H2,1-14H3. The number of anilines is 4. The highest BCUT2D eigenvalue weighted by atomic mass is 32.1. The fourth-order valence-corrected chi connectivity index (χ4v) is 15.3. The molecule has 1 aromatic heterocycles. The molecule has 73 heavy (non-hydrogen) atoms. The topological polar surface area (TPSA) is 15.7 Å². The Labute approximate surface area is 440 Å². The van der Waals surface area contributed by atoms with Gasteiger partial charge in [-0.2, -0.15) is 0 Å². The van der Waals surface area contributed by atoms with Crippen molar-refractivity contribution in [3.63, 3.8) is 0 Å². The lowest BCUT2D eigenvalue weighted by atomic mass is 9.42. The van der Waals surface area contributed by atoms with E-state index in [2.05, 4.69) is 234 Å². The third-order valence-corrected chi connectivity index (χ3v) is 19.9. The van der Waals surface area contributed by atoms with Gasteiger partial charge in [-0.1, -0.05) is 170 Å². The number of fused-ring (bicyclic) bond motifs is 12. The Balaban J connectivity index is 1.19. The van der Waals surface area contributed by atoms with E-state index in [1.54, 1.807) is 0 Å². The molecule has 0 N–H and O–H groups in total. The summed E-state index contributed by atoms with van der Waals surface area (Å²) in [6.07, 6.45) is 4.65. The molecule has 2 unspecified atom stereocenters. The summed E-state index contributed by atoms with van der Waals surface area (Å²) in [4.78, 5) is 5.56. The first-order valence-electron chi connectivity index (χ1n) is 27.4. The molecule has 0 spiro atoms. The first-order chi connectivity index (χ1) is 34.4. The van der Waals surface area contributed by atoms with Crippen LogP contribution in [0, 0.1) is 0 Å². The molecule has 2 atom stereocenters. The van der Waals surface area contributed by atoms with E-state index in [4.69, 9.17) is 4.74 Å². The van der Waals surface area contributed by atoms with E-state index in [0.29, 0.717) is 0 Å². The molecule has 3 nitrogen and oxygen atoms in total. The second-order valence-electron chi connectivity index (χ2n) is 27.4. The van der Waals surface area contributed by atoms with Crippen LogP contribution in [0.25, 0.3) is 42.4 Å². The summed E-state index contributed by atoms with van der Waals surface area (Å²) in [5, 5.41) is 2.65. The smallest absolute Gasteiger partial charge is 0.344 e. The third kappa shape index (κ3) is 6.95. The second-order valence-corrected chi connectivity index (χ2v) is 28.5. The van der Waals surface area contributed by atoms with E-state index in [-0.39, 0.29) is 51.4 Å². The van der Waals surface area contributed by atoms with Crippen molar-refractivity contribution in [3.8, 4) is 28.0 Å². The normalized spacial score (nSPS) is 20.7.